The van der Waals surface area contributed by atoms with Crippen molar-refractivity contribution in [1.82, 2.24) is 15.1 Å². The average Bonchev–Trinajstić information content (AvgIpc) is 2.58. The summed E-state index contributed by atoms with van der Waals surface area (Å²) in [7, 11) is 0. The SMILES string of the molecule is Cl.Cl.NC(=O)NCCC[C@H](N)C(=O)N1CCN(Cc2cccc(Cl)c2)CC1. The molecule has 2 rings (SSSR count). The summed E-state index contributed by atoms with van der Waals surface area (Å²) in [5.41, 5.74) is 12.1. The van der Waals surface area contributed by atoms with Gasteiger partial charge in [0.1, 0.15) is 0 Å². The summed E-state index contributed by atoms with van der Waals surface area (Å²) in [5, 5.41) is 3.23. The number of amides is 3. The Labute approximate surface area is 177 Å². The van der Waals surface area contributed by atoms with Crippen LogP contribution in [-0.2, 0) is 11.3 Å². The van der Waals surface area contributed by atoms with Gasteiger partial charge in [0.05, 0.1) is 6.04 Å². The van der Waals surface area contributed by atoms with Gasteiger partial charge in [-0.3, -0.25) is 9.69 Å². The van der Waals surface area contributed by atoms with Crippen LogP contribution in [-0.4, -0.2) is 60.5 Å². The van der Waals surface area contributed by atoms with Gasteiger partial charge >= 0.3 is 6.03 Å². The van der Waals surface area contributed by atoms with Crippen LogP contribution in [0.15, 0.2) is 24.3 Å². The number of nitrogens with one attached hydrogen (secondary N) is 1. The summed E-state index contributed by atoms with van der Waals surface area (Å²) in [6, 6.07) is 6.74. The van der Waals surface area contributed by atoms with E-state index in [2.05, 4.69) is 16.3 Å². The summed E-state index contributed by atoms with van der Waals surface area (Å²) in [6.45, 7) is 4.23. The van der Waals surface area contributed by atoms with Crippen LogP contribution in [0.2, 0.25) is 5.02 Å². The zero-order valence-corrected chi connectivity index (χ0v) is 17.5. The molecule has 0 spiro atoms. The quantitative estimate of drug-likeness (QED) is 0.560. The fourth-order valence-corrected chi connectivity index (χ4v) is 3.12. The second-order valence-electron chi connectivity index (χ2n) is 6.27. The largest absolute Gasteiger partial charge is 0.352 e. The van der Waals surface area contributed by atoms with E-state index in [-0.39, 0.29) is 30.7 Å². The number of piperazine rings is 1. The highest BCUT2D eigenvalue weighted by molar-refractivity contribution is 6.30. The molecule has 0 bridgehead atoms. The molecule has 5 N–H and O–H groups in total. The molecule has 0 aliphatic carbocycles. The van der Waals surface area contributed by atoms with Gasteiger partial charge in [0.25, 0.3) is 0 Å². The molecule has 27 heavy (non-hydrogen) atoms. The zero-order chi connectivity index (χ0) is 18.2. The first-order valence-corrected chi connectivity index (χ1v) is 8.88. The van der Waals surface area contributed by atoms with E-state index in [0.717, 1.165) is 24.7 Å². The molecule has 1 fully saturated rings. The smallest absolute Gasteiger partial charge is 0.312 e. The number of hydrogen-bond donors (Lipinski definition) is 3. The molecular weight excluding hydrogens is 413 g/mol. The summed E-state index contributed by atoms with van der Waals surface area (Å²) in [4.78, 5) is 27.1. The van der Waals surface area contributed by atoms with Crippen LogP contribution in [0.5, 0.6) is 0 Å². The number of halogens is 3. The van der Waals surface area contributed by atoms with Gasteiger partial charge < -0.3 is 21.7 Å². The summed E-state index contributed by atoms with van der Waals surface area (Å²) >= 11 is 6.02. The van der Waals surface area contributed by atoms with Gasteiger partial charge in [-0.2, -0.15) is 0 Å². The third kappa shape index (κ3) is 8.99. The number of rotatable bonds is 7. The molecule has 1 aromatic rings. The minimum Gasteiger partial charge on any atom is -0.352 e. The van der Waals surface area contributed by atoms with Crippen LogP contribution in [0, 0.1) is 0 Å². The number of carbonyl (C=O) groups is 2. The van der Waals surface area contributed by atoms with Gasteiger partial charge in [0.2, 0.25) is 5.91 Å². The molecule has 1 aliphatic rings. The third-order valence-corrected chi connectivity index (χ3v) is 4.52. The van der Waals surface area contributed by atoms with Crippen LogP contribution in [0.4, 0.5) is 4.79 Å². The van der Waals surface area contributed by atoms with Crippen LogP contribution >= 0.6 is 36.4 Å². The third-order valence-electron chi connectivity index (χ3n) is 4.29. The number of carbonyl (C=O) groups excluding carboxylic acids is 2. The highest BCUT2D eigenvalue weighted by atomic mass is 35.5. The molecule has 3 amide bonds. The normalized spacial score (nSPS) is 15.3. The first kappa shape index (κ1) is 25.8. The summed E-state index contributed by atoms with van der Waals surface area (Å²) < 4.78 is 0. The van der Waals surface area contributed by atoms with Crippen molar-refractivity contribution in [2.75, 3.05) is 32.7 Å². The molecule has 1 saturated heterocycles. The van der Waals surface area contributed by atoms with E-state index in [1.807, 2.05) is 23.1 Å². The molecule has 1 atom stereocenters. The second-order valence-corrected chi connectivity index (χ2v) is 6.71. The first-order chi connectivity index (χ1) is 12.0. The number of nitrogens with zero attached hydrogens (tertiary/aromatic N) is 2. The lowest BCUT2D eigenvalue weighted by Gasteiger charge is -2.36. The van der Waals surface area contributed by atoms with Crippen LogP contribution < -0.4 is 16.8 Å². The van der Waals surface area contributed by atoms with E-state index in [0.29, 0.717) is 32.5 Å². The van der Waals surface area contributed by atoms with Crippen LogP contribution in [0.25, 0.3) is 0 Å². The standard InChI is InChI=1S/C17H26ClN5O2.2ClH/c18-14-4-1-3-13(11-14)12-22-7-9-23(10-8-22)16(24)15(19)5-2-6-21-17(20)25;;/h1,3-4,11,15H,2,5-10,12,19H2,(H3,20,21,25);2*1H/t15-;;/m0../s1. The van der Waals surface area contributed by atoms with Crippen molar-refractivity contribution in [2.45, 2.75) is 25.4 Å². The Kier molecular flexibility index (Phi) is 12.4. The van der Waals surface area contributed by atoms with E-state index in [1.165, 1.54) is 5.56 Å². The lowest BCUT2D eigenvalue weighted by Crippen LogP contribution is -2.53. The van der Waals surface area contributed by atoms with Gasteiger partial charge in [-0.25, -0.2) is 4.79 Å². The Hall–Kier alpha value is -1.25. The number of benzene rings is 1. The maximum Gasteiger partial charge on any atom is 0.312 e. The molecule has 1 heterocycles. The van der Waals surface area contributed by atoms with Gasteiger partial charge in [0, 0.05) is 44.3 Å². The monoisotopic (exact) mass is 439 g/mol. The zero-order valence-electron chi connectivity index (χ0n) is 15.1. The molecule has 0 radical (unpaired) electrons. The molecule has 0 unspecified atom stereocenters. The molecule has 154 valence electrons. The number of hydrogen-bond acceptors (Lipinski definition) is 4. The maximum atomic E-state index is 12.4. The van der Waals surface area contributed by atoms with E-state index >= 15 is 0 Å². The van der Waals surface area contributed by atoms with E-state index in [9.17, 15) is 9.59 Å². The molecule has 1 aliphatic heterocycles. The molecule has 0 saturated carbocycles. The summed E-state index contributed by atoms with van der Waals surface area (Å²) in [5.74, 6) is -0.0264. The average molecular weight is 441 g/mol. The number of nitrogens with two attached hydrogens (primary N) is 2. The Balaban J connectivity index is 0.00000338. The van der Waals surface area contributed by atoms with Crippen LogP contribution in [0.1, 0.15) is 18.4 Å². The molecule has 7 nitrogen and oxygen atoms in total. The lowest BCUT2D eigenvalue weighted by molar-refractivity contribution is -0.134. The van der Waals surface area contributed by atoms with Gasteiger partial charge in [-0.15, -0.1) is 24.8 Å². The Bertz CT molecular complexity index is 598. The first-order valence-electron chi connectivity index (χ1n) is 8.50. The van der Waals surface area contributed by atoms with Crippen molar-refractivity contribution in [3.63, 3.8) is 0 Å². The number of primary amides is 1. The van der Waals surface area contributed by atoms with Crippen LogP contribution in [0.3, 0.4) is 0 Å². The topological polar surface area (TPSA) is 105 Å². The predicted molar refractivity (Wildman–Crippen MR) is 113 cm³/mol. The minimum absolute atomic E-state index is 0. The Morgan fingerprint density at radius 3 is 2.44 bits per heavy atom. The minimum atomic E-state index is -0.560. The molecule has 10 heteroatoms. The van der Waals surface area contributed by atoms with Gasteiger partial charge in [0.15, 0.2) is 0 Å². The second kappa shape index (κ2) is 13.0. The maximum absolute atomic E-state index is 12.4. The van der Waals surface area contributed by atoms with E-state index in [4.69, 9.17) is 23.1 Å². The van der Waals surface area contributed by atoms with Crippen molar-refractivity contribution in [2.24, 2.45) is 11.5 Å². The highest BCUT2D eigenvalue weighted by Crippen LogP contribution is 2.14. The van der Waals surface area contributed by atoms with Crippen molar-refractivity contribution < 1.29 is 9.59 Å². The van der Waals surface area contributed by atoms with Crippen molar-refractivity contribution in [3.8, 4) is 0 Å². The summed E-state index contributed by atoms with van der Waals surface area (Å²) in [6.07, 6.45) is 1.16. The van der Waals surface area contributed by atoms with Crippen molar-refractivity contribution in [1.29, 1.82) is 0 Å². The fourth-order valence-electron chi connectivity index (χ4n) is 2.91. The Morgan fingerprint density at radius 2 is 1.85 bits per heavy atom. The predicted octanol–water partition coefficient (Wildman–Crippen LogP) is 1.60. The fraction of sp³-hybridized carbons (Fsp3) is 0.529. The molecule has 0 aromatic heterocycles. The van der Waals surface area contributed by atoms with E-state index < -0.39 is 12.1 Å². The Morgan fingerprint density at radius 1 is 1.19 bits per heavy atom. The van der Waals surface area contributed by atoms with E-state index in [1.54, 1.807) is 0 Å². The highest BCUT2D eigenvalue weighted by Gasteiger charge is 2.25. The van der Waals surface area contributed by atoms with Crippen molar-refractivity contribution in [3.05, 3.63) is 34.9 Å². The van der Waals surface area contributed by atoms with Crippen molar-refractivity contribution >= 4 is 48.4 Å². The van der Waals surface area contributed by atoms with Gasteiger partial charge in [-0.05, 0) is 30.5 Å². The number of urea groups is 1. The van der Waals surface area contributed by atoms with Gasteiger partial charge in [-0.1, -0.05) is 23.7 Å². The molecule has 1 aromatic carbocycles. The lowest BCUT2D eigenvalue weighted by atomic mass is 10.1. The molecular formula is C17H28Cl3N5O2.